The van der Waals surface area contributed by atoms with Crippen LogP contribution in [0.3, 0.4) is 0 Å². The summed E-state index contributed by atoms with van der Waals surface area (Å²) >= 11 is 5.75. The van der Waals surface area contributed by atoms with E-state index in [2.05, 4.69) is 14.9 Å². The SMILES string of the molecule is Cc1noc(CCNS(=O)(=O)c2ccc(Cl)c(N)c2)n1. The largest absolute Gasteiger partial charge is 0.397 e. The van der Waals surface area contributed by atoms with Crippen molar-refractivity contribution >= 4 is 27.3 Å². The van der Waals surface area contributed by atoms with Crippen molar-refractivity contribution in [3.8, 4) is 0 Å². The van der Waals surface area contributed by atoms with Crippen molar-refractivity contribution in [3.05, 3.63) is 34.9 Å². The number of nitrogens with zero attached hydrogens (tertiary/aromatic N) is 2. The van der Waals surface area contributed by atoms with Gasteiger partial charge >= 0.3 is 0 Å². The molecule has 1 aromatic carbocycles. The number of anilines is 1. The van der Waals surface area contributed by atoms with Gasteiger partial charge in [0.05, 0.1) is 15.6 Å². The Morgan fingerprint density at radius 2 is 2.20 bits per heavy atom. The average molecular weight is 317 g/mol. The Balaban J connectivity index is 2.02. The van der Waals surface area contributed by atoms with E-state index in [-0.39, 0.29) is 17.1 Å². The highest BCUT2D eigenvalue weighted by molar-refractivity contribution is 7.89. The number of aromatic nitrogens is 2. The zero-order valence-electron chi connectivity index (χ0n) is 10.6. The number of halogens is 1. The first kappa shape index (κ1) is 14.8. The second-order valence-electron chi connectivity index (χ2n) is 4.07. The molecular formula is C11H13ClN4O3S. The molecule has 2 aromatic rings. The van der Waals surface area contributed by atoms with Gasteiger partial charge in [-0.05, 0) is 25.1 Å². The van der Waals surface area contributed by atoms with Crippen molar-refractivity contribution in [1.29, 1.82) is 0 Å². The average Bonchev–Trinajstić information content (AvgIpc) is 2.78. The van der Waals surface area contributed by atoms with Gasteiger partial charge in [-0.2, -0.15) is 4.98 Å². The molecule has 0 unspecified atom stereocenters. The summed E-state index contributed by atoms with van der Waals surface area (Å²) in [7, 11) is -3.64. The summed E-state index contributed by atoms with van der Waals surface area (Å²) in [6.45, 7) is 1.83. The third-order valence-corrected chi connectivity index (χ3v) is 4.28. The van der Waals surface area contributed by atoms with Crippen molar-refractivity contribution in [2.75, 3.05) is 12.3 Å². The summed E-state index contributed by atoms with van der Waals surface area (Å²) in [6, 6.07) is 4.13. The van der Waals surface area contributed by atoms with Gasteiger partial charge in [-0.25, -0.2) is 13.1 Å². The van der Waals surface area contributed by atoms with Crippen LogP contribution in [0.2, 0.25) is 5.02 Å². The number of aryl methyl sites for hydroxylation is 1. The number of nitrogens with one attached hydrogen (secondary N) is 1. The molecule has 0 fully saturated rings. The van der Waals surface area contributed by atoms with E-state index < -0.39 is 10.0 Å². The molecule has 0 saturated carbocycles. The van der Waals surface area contributed by atoms with Crippen LogP contribution in [-0.2, 0) is 16.4 Å². The van der Waals surface area contributed by atoms with Crippen molar-refractivity contribution in [2.24, 2.45) is 0 Å². The fourth-order valence-electron chi connectivity index (χ4n) is 1.51. The molecule has 9 heteroatoms. The zero-order valence-corrected chi connectivity index (χ0v) is 12.2. The molecule has 108 valence electrons. The van der Waals surface area contributed by atoms with Gasteiger partial charge in [0.1, 0.15) is 0 Å². The molecule has 3 N–H and O–H groups in total. The van der Waals surface area contributed by atoms with Crippen LogP contribution in [0.25, 0.3) is 0 Å². The van der Waals surface area contributed by atoms with E-state index in [1.807, 2.05) is 0 Å². The van der Waals surface area contributed by atoms with Crippen molar-refractivity contribution in [1.82, 2.24) is 14.9 Å². The predicted octanol–water partition coefficient (Wildman–Crippen LogP) is 1.13. The predicted molar refractivity (Wildman–Crippen MR) is 73.8 cm³/mol. The fraction of sp³-hybridized carbons (Fsp3) is 0.273. The Bertz CT molecular complexity index is 714. The van der Waals surface area contributed by atoms with Crippen LogP contribution < -0.4 is 10.5 Å². The highest BCUT2D eigenvalue weighted by Crippen LogP contribution is 2.21. The van der Waals surface area contributed by atoms with Crippen LogP contribution in [-0.4, -0.2) is 25.1 Å². The van der Waals surface area contributed by atoms with Gasteiger partial charge in [0.25, 0.3) is 0 Å². The number of hydrogen-bond donors (Lipinski definition) is 2. The number of nitrogens with two attached hydrogens (primary N) is 1. The van der Waals surface area contributed by atoms with Crippen LogP contribution in [0.5, 0.6) is 0 Å². The second kappa shape index (κ2) is 5.78. The van der Waals surface area contributed by atoms with E-state index in [9.17, 15) is 8.42 Å². The lowest BCUT2D eigenvalue weighted by molar-refractivity contribution is 0.375. The van der Waals surface area contributed by atoms with Gasteiger partial charge in [0, 0.05) is 13.0 Å². The molecule has 0 amide bonds. The third-order valence-electron chi connectivity index (χ3n) is 2.48. The van der Waals surface area contributed by atoms with Crippen molar-refractivity contribution in [2.45, 2.75) is 18.2 Å². The molecule has 1 heterocycles. The zero-order chi connectivity index (χ0) is 14.8. The van der Waals surface area contributed by atoms with Crippen LogP contribution >= 0.6 is 11.6 Å². The quantitative estimate of drug-likeness (QED) is 0.800. The standard InChI is InChI=1S/C11H13ClN4O3S/c1-7-15-11(19-16-7)4-5-14-20(17,18)8-2-3-9(12)10(13)6-8/h2-3,6,14H,4-5,13H2,1H3. The molecule has 20 heavy (non-hydrogen) atoms. The first-order chi connectivity index (χ1) is 9.38. The smallest absolute Gasteiger partial charge is 0.240 e. The summed E-state index contributed by atoms with van der Waals surface area (Å²) in [5.41, 5.74) is 5.79. The van der Waals surface area contributed by atoms with Gasteiger partial charge in [-0.1, -0.05) is 16.8 Å². The van der Waals surface area contributed by atoms with E-state index in [1.54, 1.807) is 6.92 Å². The van der Waals surface area contributed by atoms with Crippen LogP contribution in [0.1, 0.15) is 11.7 Å². The van der Waals surface area contributed by atoms with E-state index >= 15 is 0 Å². The maximum Gasteiger partial charge on any atom is 0.240 e. The lowest BCUT2D eigenvalue weighted by atomic mass is 10.3. The normalized spacial score (nSPS) is 11.7. The van der Waals surface area contributed by atoms with Crippen LogP contribution in [0.4, 0.5) is 5.69 Å². The number of benzene rings is 1. The first-order valence-corrected chi connectivity index (χ1v) is 7.58. The van der Waals surface area contributed by atoms with Gasteiger partial charge in [0.2, 0.25) is 15.9 Å². The van der Waals surface area contributed by atoms with E-state index in [1.165, 1.54) is 18.2 Å². The Morgan fingerprint density at radius 1 is 1.45 bits per heavy atom. The molecule has 0 atom stereocenters. The van der Waals surface area contributed by atoms with E-state index in [0.717, 1.165) is 0 Å². The number of rotatable bonds is 5. The molecule has 0 bridgehead atoms. The minimum absolute atomic E-state index is 0.0566. The highest BCUT2D eigenvalue weighted by atomic mass is 35.5. The van der Waals surface area contributed by atoms with Crippen LogP contribution in [0, 0.1) is 6.92 Å². The molecule has 2 rings (SSSR count). The minimum atomic E-state index is -3.64. The van der Waals surface area contributed by atoms with Crippen molar-refractivity contribution in [3.63, 3.8) is 0 Å². The van der Waals surface area contributed by atoms with Crippen LogP contribution in [0.15, 0.2) is 27.6 Å². The lowest BCUT2D eigenvalue weighted by Crippen LogP contribution is -2.26. The van der Waals surface area contributed by atoms with Gasteiger partial charge in [-0.15, -0.1) is 0 Å². The Morgan fingerprint density at radius 3 is 2.80 bits per heavy atom. The summed E-state index contributed by atoms with van der Waals surface area (Å²) in [5.74, 6) is 0.883. The van der Waals surface area contributed by atoms with Gasteiger partial charge in [-0.3, -0.25) is 0 Å². The van der Waals surface area contributed by atoms with E-state index in [0.29, 0.717) is 23.2 Å². The molecule has 0 aliphatic rings. The van der Waals surface area contributed by atoms with Crippen molar-refractivity contribution < 1.29 is 12.9 Å². The fourth-order valence-corrected chi connectivity index (χ4v) is 2.69. The molecule has 0 saturated heterocycles. The maximum absolute atomic E-state index is 12.0. The number of sulfonamides is 1. The Hall–Kier alpha value is -1.64. The maximum atomic E-state index is 12.0. The monoisotopic (exact) mass is 316 g/mol. The number of nitrogen functional groups attached to an aromatic ring is 1. The summed E-state index contributed by atoms with van der Waals surface area (Å²) in [6.07, 6.45) is 0.309. The second-order valence-corrected chi connectivity index (χ2v) is 6.24. The van der Waals surface area contributed by atoms with E-state index in [4.69, 9.17) is 21.9 Å². The molecular weight excluding hydrogens is 304 g/mol. The highest BCUT2D eigenvalue weighted by Gasteiger charge is 2.15. The Labute approximate surface area is 121 Å². The lowest BCUT2D eigenvalue weighted by Gasteiger charge is -2.07. The third kappa shape index (κ3) is 3.47. The Kier molecular flexibility index (Phi) is 4.26. The summed E-state index contributed by atoms with van der Waals surface area (Å²) in [4.78, 5) is 4.04. The minimum Gasteiger partial charge on any atom is -0.397 e. The molecule has 0 spiro atoms. The molecule has 0 radical (unpaired) electrons. The molecule has 7 nitrogen and oxygen atoms in total. The molecule has 1 aromatic heterocycles. The molecule has 0 aliphatic carbocycles. The summed E-state index contributed by atoms with van der Waals surface area (Å²) < 4.78 is 31.3. The number of hydrogen-bond acceptors (Lipinski definition) is 6. The topological polar surface area (TPSA) is 111 Å². The summed E-state index contributed by atoms with van der Waals surface area (Å²) in [5, 5.41) is 3.93. The molecule has 0 aliphatic heterocycles. The van der Waals surface area contributed by atoms with Gasteiger partial charge in [0.15, 0.2) is 5.82 Å². The first-order valence-electron chi connectivity index (χ1n) is 5.72. The van der Waals surface area contributed by atoms with Gasteiger partial charge < -0.3 is 10.3 Å².